The van der Waals surface area contributed by atoms with Crippen LogP contribution in [-0.4, -0.2) is 42.8 Å². The minimum absolute atomic E-state index is 0.00292. The summed E-state index contributed by atoms with van der Waals surface area (Å²) in [4.78, 5) is 2.66. The maximum atomic E-state index is 6.00. The zero-order valence-electron chi connectivity index (χ0n) is 12.7. The molecule has 2 N–H and O–H groups in total. The van der Waals surface area contributed by atoms with Gasteiger partial charge in [0.25, 0.3) is 0 Å². The molecular formula is C15H32N2O. The Hall–Kier alpha value is -0.120. The Morgan fingerprint density at radius 2 is 1.78 bits per heavy atom. The third kappa shape index (κ3) is 5.25. The van der Waals surface area contributed by atoms with E-state index in [1.807, 2.05) is 7.11 Å². The first-order valence-corrected chi connectivity index (χ1v) is 7.53. The van der Waals surface area contributed by atoms with Crippen LogP contribution < -0.4 is 5.73 Å². The SMILES string of the molecule is CCCN(CCC(C)(C)OC)C1CCC(N)CC1. The van der Waals surface area contributed by atoms with Crippen LogP contribution in [0.25, 0.3) is 0 Å². The van der Waals surface area contributed by atoms with Crippen LogP contribution in [0.3, 0.4) is 0 Å². The minimum atomic E-state index is -0.00292. The normalized spacial score (nSPS) is 25.7. The lowest BCUT2D eigenvalue weighted by Crippen LogP contribution is -2.43. The molecule has 0 aromatic heterocycles. The van der Waals surface area contributed by atoms with E-state index in [-0.39, 0.29) is 5.60 Å². The van der Waals surface area contributed by atoms with Gasteiger partial charge in [-0.3, -0.25) is 0 Å². The number of ether oxygens (including phenoxy) is 1. The zero-order valence-corrected chi connectivity index (χ0v) is 12.7. The van der Waals surface area contributed by atoms with Crippen molar-refractivity contribution in [2.24, 2.45) is 5.73 Å². The van der Waals surface area contributed by atoms with Crippen LogP contribution in [0, 0.1) is 0 Å². The van der Waals surface area contributed by atoms with Gasteiger partial charge >= 0.3 is 0 Å². The molecule has 0 saturated heterocycles. The Morgan fingerprint density at radius 1 is 1.17 bits per heavy atom. The van der Waals surface area contributed by atoms with Crippen molar-refractivity contribution < 1.29 is 4.74 Å². The van der Waals surface area contributed by atoms with Crippen LogP contribution >= 0.6 is 0 Å². The van der Waals surface area contributed by atoms with Crippen LogP contribution in [-0.2, 0) is 4.74 Å². The predicted octanol–water partition coefficient (Wildman–Crippen LogP) is 2.78. The van der Waals surface area contributed by atoms with Gasteiger partial charge < -0.3 is 15.4 Å². The quantitative estimate of drug-likeness (QED) is 0.761. The first-order valence-electron chi connectivity index (χ1n) is 7.53. The average molecular weight is 256 g/mol. The van der Waals surface area contributed by atoms with E-state index in [0.29, 0.717) is 6.04 Å². The fraction of sp³-hybridized carbons (Fsp3) is 1.00. The predicted molar refractivity (Wildman–Crippen MR) is 77.8 cm³/mol. The molecule has 0 aromatic carbocycles. The van der Waals surface area contributed by atoms with Gasteiger partial charge in [0.05, 0.1) is 5.60 Å². The van der Waals surface area contributed by atoms with Crippen LogP contribution in [0.15, 0.2) is 0 Å². The second-order valence-corrected chi connectivity index (χ2v) is 6.32. The molecule has 0 amide bonds. The molecule has 0 radical (unpaired) electrons. The molecule has 3 nitrogen and oxygen atoms in total. The molecule has 1 rings (SSSR count). The lowest BCUT2D eigenvalue weighted by atomic mass is 9.90. The molecule has 0 bridgehead atoms. The van der Waals surface area contributed by atoms with Crippen LogP contribution in [0.2, 0.25) is 0 Å². The Bertz CT molecular complexity index is 223. The van der Waals surface area contributed by atoms with Gasteiger partial charge in [-0.25, -0.2) is 0 Å². The number of hydrogen-bond acceptors (Lipinski definition) is 3. The van der Waals surface area contributed by atoms with Crippen molar-refractivity contribution >= 4 is 0 Å². The topological polar surface area (TPSA) is 38.5 Å². The van der Waals surface area contributed by atoms with Crippen LogP contribution in [0.1, 0.15) is 59.3 Å². The number of nitrogens with two attached hydrogens (primary N) is 1. The fourth-order valence-electron chi connectivity index (χ4n) is 2.75. The number of nitrogens with zero attached hydrogens (tertiary/aromatic N) is 1. The fourth-order valence-corrected chi connectivity index (χ4v) is 2.75. The zero-order chi connectivity index (χ0) is 13.6. The van der Waals surface area contributed by atoms with Crippen molar-refractivity contribution in [1.29, 1.82) is 0 Å². The number of hydrogen-bond donors (Lipinski definition) is 1. The van der Waals surface area contributed by atoms with Gasteiger partial charge in [0.2, 0.25) is 0 Å². The van der Waals surface area contributed by atoms with Crippen LogP contribution in [0.4, 0.5) is 0 Å². The first-order chi connectivity index (χ1) is 8.48. The number of rotatable bonds is 7. The highest BCUT2D eigenvalue weighted by Crippen LogP contribution is 2.24. The van der Waals surface area contributed by atoms with Gasteiger partial charge in [-0.1, -0.05) is 6.92 Å². The van der Waals surface area contributed by atoms with E-state index in [1.54, 1.807) is 0 Å². The molecule has 0 aromatic rings. The standard InChI is InChI=1S/C15H32N2O/c1-5-11-17(12-10-15(2,3)18-4)14-8-6-13(16)7-9-14/h13-14H,5-12,16H2,1-4H3. The smallest absolute Gasteiger partial charge is 0.0634 e. The second-order valence-electron chi connectivity index (χ2n) is 6.32. The van der Waals surface area contributed by atoms with Gasteiger partial charge in [0, 0.05) is 25.7 Å². The van der Waals surface area contributed by atoms with E-state index in [1.165, 1.54) is 38.6 Å². The molecule has 1 fully saturated rings. The highest BCUT2D eigenvalue weighted by Gasteiger charge is 2.25. The Labute approximate surface area is 113 Å². The monoisotopic (exact) mass is 256 g/mol. The highest BCUT2D eigenvalue weighted by molar-refractivity contribution is 4.82. The first kappa shape index (κ1) is 15.9. The van der Waals surface area contributed by atoms with E-state index in [0.717, 1.165) is 19.0 Å². The second kappa shape index (κ2) is 7.46. The summed E-state index contributed by atoms with van der Waals surface area (Å²) >= 11 is 0. The summed E-state index contributed by atoms with van der Waals surface area (Å²) < 4.78 is 5.52. The summed E-state index contributed by atoms with van der Waals surface area (Å²) in [6, 6.07) is 1.19. The molecule has 1 aliphatic rings. The van der Waals surface area contributed by atoms with E-state index in [2.05, 4.69) is 25.7 Å². The third-order valence-electron chi connectivity index (χ3n) is 4.32. The molecule has 18 heavy (non-hydrogen) atoms. The lowest BCUT2D eigenvalue weighted by molar-refractivity contribution is 0.00180. The Kier molecular flexibility index (Phi) is 6.61. The van der Waals surface area contributed by atoms with Crippen molar-refractivity contribution in [2.75, 3.05) is 20.2 Å². The van der Waals surface area contributed by atoms with Crippen molar-refractivity contribution in [3.8, 4) is 0 Å². The molecule has 3 heteroatoms. The summed E-state index contributed by atoms with van der Waals surface area (Å²) in [5.41, 5.74) is 5.99. The van der Waals surface area contributed by atoms with Crippen molar-refractivity contribution in [3.05, 3.63) is 0 Å². The van der Waals surface area contributed by atoms with E-state index in [4.69, 9.17) is 10.5 Å². The summed E-state index contributed by atoms with van der Waals surface area (Å²) in [6.07, 6.45) is 7.27. The maximum absolute atomic E-state index is 6.00. The van der Waals surface area contributed by atoms with E-state index < -0.39 is 0 Å². The average Bonchev–Trinajstić information content (AvgIpc) is 2.36. The Balaban J connectivity index is 2.44. The van der Waals surface area contributed by atoms with Gasteiger partial charge in [0.1, 0.15) is 0 Å². The molecule has 0 aliphatic heterocycles. The molecule has 1 saturated carbocycles. The van der Waals surface area contributed by atoms with Crippen molar-refractivity contribution in [2.45, 2.75) is 77.0 Å². The molecule has 0 unspecified atom stereocenters. The summed E-state index contributed by atoms with van der Waals surface area (Å²) in [7, 11) is 1.81. The highest BCUT2D eigenvalue weighted by atomic mass is 16.5. The van der Waals surface area contributed by atoms with E-state index >= 15 is 0 Å². The van der Waals surface area contributed by atoms with Crippen LogP contribution in [0.5, 0.6) is 0 Å². The van der Waals surface area contributed by atoms with Gasteiger partial charge in [0.15, 0.2) is 0 Å². The minimum Gasteiger partial charge on any atom is -0.379 e. The summed E-state index contributed by atoms with van der Waals surface area (Å²) in [5.74, 6) is 0. The largest absolute Gasteiger partial charge is 0.379 e. The van der Waals surface area contributed by atoms with Crippen molar-refractivity contribution in [3.63, 3.8) is 0 Å². The van der Waals surface area contributed by atoms with Crippen molar-refractivity contribution in [1.82, 2.24) is 4.90 Å². The maximum Gasteiger partial charge on any atom is 0.0634 e. The Morgan fingerprint density at radius 3 is 2.28 bits per heavy atom. The van der Waals surface area contributed by atoms with Gasteiger partial charge in [-0.05, 0) is 58.9 Å². The number of methoxy groups -OCH3 is 1. The third-order valence-corrected chi connectivity index (χ3v) is 4.32. The van der Waals surface area contributed by atoms with Gasteiger partial charge in [-0.15, -0.1) is 0 Å². The summed E-state index contributed by atoms with van der Waals surface area (Å²) in [5, 5.41) is 0. The molecule has 1 aliphatic carbocycles. The molecule has 0 spiro atoms. The summed E-state index contributed by atoms with van der Waals surface area (Å²) in [6.45, 7) is 8.97. The molecule has 108 valence electrons. The van der Waals surface area contributed by atoms with Gasteiger partial charge in [-0.2, -0.15) is 0 Å². The molecule has 0 atom stereocenters. The molecule has 0 heterocycles. The molecular weight excluding hydrogens is 224 g/mol. The van der Waals surface area contributed by atoms with E-state index in [9.17, 15) is 0 Å². The lowest BCUT2D eigenvalue weighted by Gasteiger charge is -2.37.